The Bertz CT molecular complexity index is 976. The first-order valence-electron chi connectivity index (χ1n) is 10.0. The molecule has 0 spiro atoms. The zero-order chi connectivity index (χ0) is 21.0. The average molecular weight is 420 g/mol. The zero-order valence-electron chi connectivity index (χ0n) is 17.3. The summed E-state index contributed by atoms with van der Waals surface area (Å²) in [6, 6.07) is 9.02. The van der Waals surface area contributed by atoms with Crippen molar-refractivity contribution in [2.24, 2.45) is 7.05 Å². The minimum atomic E-state index is -3.60. The third-order valence-electron chi connectivity index (χ3n) is 5.37. The maximum atomic E-state index is 13.1. The van der Waals surface area contributed by atoms with Crippen LogP contribution in [0.4, 0.5) is 0 Å². The van der Waals surface area contributed by atoms with Crippen LogP contribution in [0.15, 0.2) is 35.2 Å². The van der Waals surface area contributed by atoms with Crippen LogP contribution in [0.1, 0.15) is 47.9 Å². The van der Waals surface area contributed by atoms with Crippen LogP contribution in [0.3, 0.4) is 0 Å². The number of ether oxygens (including phenoxy) is 1. The number of carbonyl (C=O) groups excluding carboxylic acids is 1. The second kappa shape index (κ2) is 9.00. The van der Waals surface area contributed by atoms with E-state index in [4.69, 9.17) is 4.74 Å². The van der Waals surface area contributed by atoms with Crippen LogP contribution in [-0.4, -0.2) is 42.9 Å². The molecule has 0 saturated carbocycles. The normalized spacial score (nSPS) is 15.3. The molecule has 1 fully saturated rings. The van der Waals surface area contributed by atoms with E-state index < -0.39 is 10.0 Å². The maximum absolute atomic E-state index is 13.1. The molecule has 0 unspecified atom stereocenters. The highest BCUT2D eigenvalue weighted by Gasteiger charge is 2.30. The Morgan fingerprint density at radius 1 is 1.17 bits per heavy atom. The van der Waals surface area contributed by atoms with E-state index in [1.54, 1.807) is 18.5 Å². The lowest BCUT2D eigenvalue weighted by molar-refractivity contribution is 0.0942. The summed E-state index contributed by atoms with van der Waals surface area (Å²) >= 11 is 0. The highest BCUT2D eigenvalue weighted by atomic mass is 32.2. The van der Waals surface area contributed by atoms with Gasteiger partial charge in [0.05, 0.1) is 6.61 Å². The van der Waals surface area contributed by atoms with Crippen molar-refractivity contribution >= 4 is 15.9 Å². The number of nitrogens with zero attached hydrogens (tertiary/aromatic N) is 2. The van der Waals surface area contributed by atoms with E-state index >= 15 is 0 Å². The lowest BCUT2D eigenvalue weighted by Crippen LogP contribution is -2.35. The smallest absolute Gasteiger partial charge is 0.268 e. The van der Waals surface area contributed by atoms with Gasteiger partial charge in [0.15, 0.2) is 0 Å². The van der Waals surface area contributed by atoms with Gasteiger partial charge in [-0.2, -0.15) is 4.31 Å². The highest BCUT2D eigenvalue weighted by molar-refractivity contribution is 7.89. The zero-order valence-corrected chi connectivity index (χ0v) is 18.1. The molecule has 1 N–H and O–H groups in total. The molecule has 3 rings (SSSR count). The summed E-state index contributed by atoms with van der Waals surface area (Å²) in [4.78, 5) is 13.0. The lowest BCUT2D eigenvalue weighted by Gasteiger charge is -2.25. The van der Waals surface area contributed by atoms with Gasteiger partial charge in [-0.3, -0.25) is 4.79 Å². The van der Waals surface area contributed by atoms with Gasteiger partial charge >= 0.3 is 0 Å². The van der Waals surface area contributed by atoms with Crippen molar-refractivity contribution in [1.82, 2.24) is 14.2 Å². The second-order valence-electron chi connectivity index (χ2n) is 7.23. The summed E-state index contributed by atoms with van der Waals surface area (Å²) in [5.41, 5.74) is 1.76. The van der Waals surface area contributed by atoms with Gasteiger partial charge in [-0.15, -0.1) is 0 Å². The third kappa shape index (κ3) is 4.48. The summed E-state index contributed by atoms with van der Waals surface area (Å²) < 4.78 is 34.9. The first-order valence-corrected chi connectivity index (χ1v) is 11.5. The Labute approximate surface area is 172 Å². The van der Waals surface area contributed by atoms with Crippen molar-refractivity contribution < 1.29 is 17.9 Å². The van der Waals surface area contributed by atoms with E-state index in [0.717, 1.165) is 30.6 Å². The van der Waals surface area contributed by atoms with Crippen LogP contribution in [-0.2, 0) is 23.6 Å². The lowest BCUT2D eigenvalue weighted by atomic mass is 10.2. The highest BCUT2D eigenvalue weighted by Crippen LogP contribution is 2.26. The van der Waals surface area contributed by atoms with E-state index in [0.29, 0.717) is 37.6 Å². The summed E-state index contributed by atoms with van der Waals surface area (Å²) in [5, 5.41) is 2.88. The summed E-state index contributed by atoms with van der Waals surface area (Å²) in [5.74, 6) is 0.411. The number of rotatable bonds is 7. The molecule has 0 radical (unpaired) electrons. The number of amides is 1. The molecule has 0 bridgehead atoms. The van der Waals surface area contributed by atoms with Crippen molar-refractivity contribution in [3.8, 4) is 5.75 Å². The number of aromatic nitrogens is 1. The Balaban J connectivity index is 1.79. The predicted molar refractivity (Wildman–Crippen MR) is 112 cm³/mol. The molecule has 2 heterocycles. The van der Waals surface area contributed by atoms with E-state index in [-0.39, 0.29) is 10.8 Å². The predicted octanol–water partition coefficient (Wildman–Crippen LogP) is 2.84. The van der Waals surface area contributed by atoms with Crippen LogP contribution < -0.4 is 10.1 Å². The molecule has 2 aromatic rings. The van der Waals surface area contributed by atoms with Crippen molar-refractivity contribution in [3.63, 3.8) is 0 Å². The molecule has 1 aromatic carbocycles. The number of benzene rings is 1. The Hall–Kier alpha value is -2.32. The summed E-state index contributed by atoms with van der Waals surface area (Å²) in [6.45, 7) is 5.55. The fourth-order valence-electron chi connectivity index (χ4n) is 3.61. The molecular formula is C21H29N3O4S. The van der Waals surface area contributed by atoms with Crippen LogP contribution in [0.25, 0.3) is 0 Å². The number of hydrogen-bond acceptors (Lipinski definition) is 4. The SMILES string of the molecule is CCOc1ccccc1CNC(=O)c1cc(S(=O)(=O)N2CCCCC2)c(C)n1C. The van der Waals surface area contributed by atoms with E-state index in [1.807, 2.05) is 31.2 Å². The molecule has 1 saturated heterocycles. The fourth-order valence-corrected chi connectivity index (χ4v) is 5.39. The molecule has 29 heavy (non-hydrogen) atoms. The molecular weight excluding hydrogens is 390 g/mol. The van der Waals surface area contributed by atoms with E-state index in [1.165, 1.54) is 10.4 Å². The number of para-hydroxylation sites is 1. The largest absolute Gasteiger partial charge is 0.494 e. The molecule has 0 aliphatic carbocycles. The monoisotopic (exact) mass is 419 g/mol. The van der Waals surface area contributed by atoms with Crippen molar-refractivity contribution in [2.45, 2.75) is 44.6 Å². The average Bonchev–Trinajstić information content (AvgIpc) is 3.03. The number of piperidine rings is 1. The van der Waals surface area contributed by atoms with Gasteiger partial charge in [-0.25, -0.2) is 8.42 Å². The van der Waals surface area contributed by atoms with Gasteiger partial charge in [0.2, 0.25) is 10.0 Å². The number of carbonyl (C=O) groups is 1. The molecule has 1 aliphatic heterocycles. The minimum absolute atomic E-state index is 0.210. The Morgan fingerprint density at radius 3 is 2.55 bits per heavy atom. The Morgan fingerprint density at radius 2 is 1.86 bits per heavy atom. The van der Waals surface area contributed by atoms with Crippen molar-refractivity contribution in [1.29, 1.82) is 0 Å². The molecule has 8 heteroatoms. The van der Waals surface area contributed by atoms with E-state index in [2.05, 4.69) is 5.32 Å². The number of nitrogens with one attached hydrogen (secondary N) is 1. The maximum Gasteiger partial charge on any atom is 0.268 e. The molecule has 0 atom stereocenters. The van der Waals surface area contributed by atoms with Crippen molar-refractivity contribution in [2.75, 3.05) is 19.7 Å². The third-order valence-corrected chi connectivity index (χ3v) is 7.38. The topological polar surface area (TPSA) is 80.6 Å². The molecule has 1 amide bonds. The van der Waals surface area contributed by atoms with Gasteiger partial charge < -0.3 is 14.6 Å². The fraction of sp³-hybridized carbons (Fsp3) is 0.476. The summed E-state index contributed by atoms with van der Waals surface area (Å²) in [6.07, 6.45) is 2.80. The van der Waals surface area contributed by atoms with Gasteiger partial charge in [-0.1, -0.05) is 24.6 Å². The van der Waals surface area contributed by atoms with E-state index in [9.17, 15) is 13.2 Å². The first-order chi connectivity index (χ1) is 13.9. The van der Waals surface area contributed by atoms with Gasteiger partial charge in [0, 0.05) is 37.9 Å². The van der Waals surface area contributed by atoms with Gasteiger partial charge in [-0.05, 0) is 38.8 Å². The van der Waals surface area contributed by atoms with Gasteiger partial charge in [0.25, 0.3) is 5.91 Å². The standard InChI is InChI=1S/C21H29N3O4S/c1-4-28-19-11-7-6-10-17(19)15-22-21(25)18-14-20(16(2)23(18)3)29(26,27)24-12-8-5-9-13-24/h6-7,10-11,14H,4-5,8-9,12-13,15H2,1-3H3,(H,22,25). The first kappa shape index (κ1) is 21.4. The minimum Gasteiger partial charge on any atom is -0.494 e. The van der Waals surface area contributed by atoms with Crippen LogP contribution in [0.5, 0.6) is 5.75 Å². The quantitative estimate of drug-likeness (QED) is 0.748. The van der Waals surface area contributed by atoms with Crippen LogP contribution in [0.2, 0.25) is 0 Å². The Kier molecular flexibility index (Phi) is 6.64. The molecule has 7 nitrogen and oxygen atoms in total. The molecule has 1 aliphatic rings. The molecule has 158 valence electrons. The van der Waals surface area contributed by atoms with Gasteiger partial charge in [0.1, 0.15) is 16.3 Å². The van der Waals surface area contributed by atoms with Crippen molar-refractivity contribution in [3.05, 3.63) is 47.3 Å². The number of sulfonamides is 1. The van der Waals surface area contributed by atoms with Crippen LogP contribution >= 0.6 is 0 Å². The summed E-state index contributed by atoms with van der Waals surface area (Å²) in [7, 11) is -1.88. The second-order valence-corrected chi connectivity index (χ2v) is 9.13. The van der Waals surface area contributed by atoms with Crippen LogP contribution in [0, 0.1) is 6.92 Å². The molecule has 1 aromatic heterocycles. The number of hydrogen-bond donors (Lipinski definition) is 1.